The number of carbonyl (C=O) groups excluding carboxylic acids is 2. The Morgan fingerprint density at radius 3 is 2.03 bits per heavy atom. The Morgan fingerprint density at radius 1 is 0.923 bits per heavy atom. The zero-order valence-corrected chi connectivity index (χ0v) is 23.5. The summed E-state index contributed by atoms with van der Waals surface area (Å²) in [7, 11) is 0. The summed E-state index contributed by atoms with van der Waals surface area (Å²) in [6, 6.07) is 18.2. The highest BCUT2D eigenvalue weighted by Gasteiger charge is 2.44. The molecule has 2 saturated heterocycles. The number of nitrogens with zero attached hydrogens (tertiary/aromatic N) is 2. The molecule has 2 unspecified atom stereocenters. The van der Waals surface area contributed by atoms with Crippen LogP contribution in [-0.4, -0.2) is 60.0 Å². The molecule has 0 radical (unpaired) electrons. The summed E-state index contributed by atoms with van der Waals surface area (Å²) in [5, 5.41) is 4.66. The molecular weight excluding hydrogens is 533 g/mol. The molecule has 0 amide bonds. The lowest BCUT2D eigenvalue weighted by Crippen LogP contribution is -2.58. The fourth-order valence-electron chi connectivity index (χ4n) is 5.78. The number of pyridine rings is 1. The maximum absolute atomic E-state index is 14.5. The first kappa shape index (κ1) is 27.8. The van der Waals surface area contributed by atoms with Crippen LogP contribution in [0.3, 0.4) is 0 Å². The van der Waals surface area contributed by atoms with Gasteiger partial charge in [0.15, 0.2) is 5.78 Å². The van der Waals surface area contributed by atoms with Crippen LogP contribution in [0.5, 0.6) is 0 Å². The van der Waals surface area contributed by atoms with E-state index in [0.29, 0.717) is 40.0 Å². The topological polar surface area (TPSA) is 71.5 Å². The van der Waals surface area contributed by atoms with Crippen molar-refractivity contribution in [3.8, 4) is 22.5 Å². The van der Waals surface area contributed by atoms with Crippen LogP contribution in [0.4, 0.5) is 0 Å². The fraction of sp³-hybridized carbons (Fsp3) is 0.387. The smallest absolute Gasteiger partial charge is 0.310 e. The Bertz CT molecular complexity index is 1240. The summed E-state index contributed by atoms with van der Waals surface area (Å²) in [4.78, 5) is 34.9. The molecule has 1 N–H and O–H groups in total. The van der Waals surface area contributed by atoms with Crippen molar-refractivity contribution >= 4 is 35.0 Å². The average Bonchev–Trinajstić information content (AvgIpc) is 2.97. The molecule has 3 aromatic rings. The second-order valence-corrected chi connectivity index (χ2v) is 11.0. The Morgan fingerprint density at radius 2 is 1.49 bits per heavy atom. The van der Waals surface area contributed by atoms with Gasteiger partial charge in [-0.25, -0.2) is 4.98 Å². The van der Waals surface area contributed by atoms with Gasteiger partial charge in [-0.05, 0) is 88.6 Å². The van der Waals surface area contributed by atoms with Gasteiger partial charge in [0.25, 0.3) is 0 Å². The molecule has 2 aliphatic heterocycles. The monoisotopic (exact) mass is 565 g/mol. The van der Waals surface area contributed by atoms with Crippen LogP contribution in [0.1, 0.15) is 43.0 Å². The van der Waals surface area contributed by atoms with Gasteiger partial charge in [0.1, 0.15) is 0 Å². The highest BCUT2D eigenvalue weighted by atomic mass is 35.5. The number of rotatable bonds is 7. The minimum Gasteiger partial charge on any atom is -0.466 e. The van der Waals surface area contributed by atoms with Crippen molar-refractivity contribution in [2.24, 2.45) is 5.92 Å². The lowest BCUT2D eigenvalue weighted by atomic mass is 9.82. The molecule has 0 aliphatic carbocycles. The predicted octanol–water partition coefficient (Wildman–Crippen LogP) is 6.30. The summed E-state index contributed by atoms with van der Waals surface area (Å²) in [5.74, 6) is -0.870. The first-order valence-corrected chi connectivity index (χ1v) is 14.4. The number of aromatic nitrogens is 1. The number of Topliss-reactive ketones (excluding diaryl/α,β-unsaturated/α-hetero) is 1. The van der Waals surface area contributed by atoms with Gasteiger partial charge in [0, 0.05) is 32.8 Å². The number of benzene rings is 2. The van der Waals surface area contributed by atoms with E-state index in [4.69, 9.17) is 32.9 Å². The first-order valence-electron chi connectivity index (χ1n) is 13.7. The van der Waals surface area contributed by atoms with Gasteiger partial charge < -0.3 is 10.1 Å². The quantitative estimate of drug-likeness (QED) is 0.267. The summed E-state index contributed by atoms with van der Waals surface area (Å²) in [6.07, 6.45) is 3.39. The maximum Gasteiger partial charge on any atom is 0.310 e. The van der Waals surface area contributed by atoms with E-state index >= 15 is 0 Å². The molecule has 0 spiro atoms. The molecule has 204 valence electrons. The van der Waals surface area contributed by atoms with Gasteiger partial charge in [-0.15, -0.1) is 0 Å². The molecule has 2 fully saturated rings. The fourth-order valence-corrected chi connectivity index (χ4v) is 6.03. The van der Waals surface area contributed by atoms with Crippen molar-refractivity contribution in [1.29, 1.82) is 0 Å². The first-order chi connectivity index (χ1) is 18.9. The van der Waals surface area contributed by atoms with E-state index in [1.807, 2.05) is 67.6 Å². The largest absolute Gasteiger partial charge is 0.466 e. The number of hydrogen-bond donors (Lipinski definition) is 1. The van der Waals surface area contributed by atoms with E-state index in [2.05, 4.69) is 10.2 Å². The van der Waals surface area contributed by atoms with Crippen LogP contribution in [0.25, 0.3) is 22.5 Å². The minimum absolute atomic E-state index is 0.0703. The van der Waals surface area contributed by atoms with Crippen molar-refractivity contribution in [3.63, 3.8) is 0 Å². The molecule has 5 rings (SSSR count). The van der Waals surface area contributed by atoms with E-state index in [1.165, 1.54) is 0 Å². The Labute approximate surface area is 239 Å². The predicted molar refractivity (Wildman–Crippen MR) is 155 cm³/mol. The van der Waals surface area contributed by atoms with E-state index < -0.39 is 12.0 Å². The maximum atomic E-state index is 14.5. The standard InChI is InChI=1S/C31H33Cl2N3O3/c1-2-39-31(38)26-4-3-17-36(25-13-15-34-16-14-25)29(26)30(37)22-18-27(20-5-9-23(32)10-6-20)35-28(19-22)21-7-11-24(33)12-8-21/h5-12,18-19,25-26,29,34H,2-4,13-17H2,1H3. The lowest BCUT2D eigenvalue weighted by Gasteiger charge is -2.45. The summed E-state index contributed by atoms with van der Waals surface area (Å²) in [6.45, 7) is 4.70. The van der Waals surface area contributed by atoms with Crippen molar-refractivity contribution in [2.45, 2.75) is 44.7 Å². The Hall–Kier alpha value is -2.77. The molecule has 39 heavy (non-hydrogen) atoms. The number of esters is 1. The van der Waals surface area contributed by atoms with Crippen molar-refractivity contribution in [2.75, 3.05) is 26.2 Å². The molecule has 0 saturated carbocycles. The van der Waals surface area contributed by atoms with E-state index in [9.17, 15) is 9.59 Å². The van der Waals surface area contributed by atoms with Crippen LogP contribution in [-0.2, 0) is 9.53 Å². The molecule has 2 aromatic carbocycles. The van der Waals surface area contributed by atoms with Crippen molar-refractivity contribution < 1.29 is 14.3 Å². The van der Waals surface area contributed by atoms with Crippen LogP contribution in [0.2, 0.25) is 10.0 Å². The van der Waals surface area contributed by atoms with Gasteiger partial charge in [0.05, 0.1) is 30.0 Å². The molecule has 6 nitrogen and oxygen atoms in total. The van der Waals surface area contributed by atoms with Gasteiger partial charge in [-0.2, -0.15) is 0 Å². The molecule has 8 heteroatoms. The highest BCUT2D eigenvalue weighted by molar-refractivity contribution is 6.31. The molecule has 2 aliphatic rings. The van der Waals surface area contributed by atoms with E-state index in [-0.39, 0.29) is 17.8 Å². The Kier molecular flexibility index (Phi) is 8.98. The zero-order chi connectivity index (χ0) is 27.4. The van der Waals surface area contributed by atoms with E-state index in [0.717, 1.165) is 50.0 Å². The van der Waals surface area contributed by atoms with Gasteiger partial charge in [-0.3, -0.25) is 14.5 Å². The van der Waals surface area contributed by atoms with Gasteiger partial charge in [-0.1, -0.05) is 47.5 Å². The number of likely N-dealkylation sites (tertiary alicyclic amines) is 1. The summed E-state index contributed by atoms with van der Waals surface area (Å²) in [5.41, 5.74) is 3.56. The molecule has 3 heterocycles. The SMILES string of the molecule is CCOC(=O)C1CCCN(C2CCNCC2)C1C(=O)c1cc(-c2ccc(Cl)cc2)nc(-c2ccc(Cl)cc2)c1. The second kappa shape index (κ2) is 12.6. The summed E-state index contributed by atoms with van der Waals surface area (Å²) >= 11 is 12.3. The van der Waals surface area contributed by atoms with Crippen molar-refractivity contribution in [3.05, 3.63) is 76.3 Å². The second-order valence-electron chi connectivity index (χ2n) is 10.2. The van der Waals surface area contributed by atoms with Crippen LogP contribution >= 0.6 is 23.2 Å². The molecule has 2 atom stereocenters. The van der Waals surface area contributed by atoms with Crippen LogP contribution < -0.4 is 5.32 Å². The lowest BCUT2D eigenvalue weighted by molar-refractivity contribution is -0.152. The third-order valence-electron chi connectivity index (χ3n) is 7.70. The number of carbonyl (C=O) groups is 2. The third kappa shape index (κ3) is 6.36. The number of ketones is 1. The van der Waals surface area contributed by atoms with Gasteiger partial charge >= 0.3 is 5.97 Å². The Balaban J connectivity index is 1.60. The van der Waals surface area contributed by atoms with Gasteiger partial charge in [0.2, 0.25) is 0 Å². The van der Waals surface area contributed by atoms with Crippen LogP contribution in [0, 0.1) is 5.92 Å². The average molecular weight is 567 g/mol. The number of hydrogen-bond acceptors (Lipinski definition) is 6. The number of nitrogens with one attached hydrogen (secondary N) is 1. The molecule has 1 aromatic heterocycles. The minimum atomic E-state index is -0.584. The van der Waals surface area contributed by atoms with Crippen LogP contribution in [0.15, 0.2) is 60.7 Å². The number of piperidine rings is 2. The van der Waals surface area contributed by atoms with E-state index in [1.54, 1.807) is 0 Å². The molecule has 0 bridgehead atoms. The summed E-state index contributed by atoms with van der Waals surface area (Å²) < 4.78 is 5.47. The highest BCUT2D eigenvalue weighted by Crippen LogP contribution is 2.34. The molecular formula is C31H33Cl2N3O3. The normalized spacial score (nSPS) is 20.5. The van der Waals surface area contributed by atoms with Crippen molar-refractivity contribution in [1.82, 2.24) is 15.2 Å². The number of halogens is 2. The zero-order valence-electron chi connectivity index (χ0n) is 22.0. The number of ether oxygens (including phenoxy) is 1. The third-order valence-corrected chi connectivity index (χ3v) is 8.20.